The topological polar surface area (TPSA) is 66.9 Å². The van der Waals surface area contributed by atoms with Crippen LogP contribution in [0.4, 0.5) is 16.2 Å². The average Bonchev–Trinajstić information content (AvgIpc) is 2.61. The number of hydrogen-bond donors (Lipinski definition) is 2. The molecule has 140 valence electrons. The third kappa shape index (κ3) is 4.78. The highest BCUT2D eigenvalue weighted by Crippen LogP contribution is 2.28. The maximum atomic E-state index is 13.2. The van der Waals surface area contributed by atoms with Crippen molar-refractivity contribution < 1.29 is 9.18 Å². The molecular formula is C21H23FN4O. The lowest BCUT2D eigenvalue weighted by Gasteiger charge is -2.13. The van der Waals surface area contributed by atoms with Crippen molar-refractivity contribution in [3.05, 3.63) is 48.3 Å². The van der Waals surface area contributed by atoms with Crippen molar-refractivity contribution in [3.63, 3.8) is 0 Å². The summed E-state index contributed by atoms with van der Waals surface area (Å²) in [6, 6.07) is 12.2. The standard InChI is InChI=1S/C21H23FN4O/c1-13(2)10-11-23-20-18-12-16(15-4-7-17(22)8-5-15)6-9-19(18)25-21(26-20)24-14(3)27/h4-9,12-13H,10-11H2,1-3H3,(H2,23,24,25,26,27). The fourth-order valence-electron chi connectivity index (χ4n) is 2.78. The lowest BCUT2D eigenvalue weighted by atomic mass is 10.0. The number of aromatic nitrogens is 2. The van der Waals surface area contributed by atoms with Crippen LogP contribution in [-0.4, -0.2) is 22.4 Å². The van der Waals surface area contributed by atoms with Gasteiger partial charge in [0.1, 0.15) is 11.6 Å². The van der Waals surface area contributed by atoms with Gasteiger partial charge in [-0.1, -0.05) is 32.0 Å². The molecule has 0 fully saturated rings. The number of carbonyl (C=O) groups excluding carboxylic acids is 1. The van der Waals surface area contributed by atoms with E-state index in [1.807, 2.05) is 18.2 Å². The third-order valence-corrected chi connectivity index (χ3v) is 4.18. The minimum Gasteiger partial charge on any atom is -0.369 e. The second-order valence-electron chi connectivity index (χ2n) is 6.93. The Labute approximate surface area is 158 Å². The third-order valence-electron chi connectivity index (χ3n) is 4.18. The first kappa shape index (κ1) is 18.8. The summed E-state index contributed by atoms with van der Waals surface area (Å²) >= 11 is 0. The number of nitrogens with zero attached hydrogens (tertiary/aromatic N) is 2. The second kappa shape index (κ2) is 8.12. The van der Waals surface area contributed by atoms with Gasteiger partial charge in [-0.05, 0) is 47.7 Å². The quantitative estimate of drug-likeness (QED) is 0.654. The van der Waals surface area contributed by atoms with E-state index in [1.165, 1.54) is 19.1 Å². The molecule has 5 nitrogen and oxygen atoms in total. The van der Waals surface area contributed by atoms with Crippen molar-refractivity contribution >= 4 is 28.6 Å². The van der Waals surface area contributed by atoms with Crippen molar-refractivity contribution in [2.24, 2.45) is 5.92 Å². The van der Waals surface area contributed by atoms with Gasteiger partial charge in [-0.15, -0.1) is 0 Å². The molecule has 0 saturated heterocycles. The molecule has 3 aromatic rings. The first-order chi connectivity index (χ1) is 12.9. The fraction of sp³-hybridized carbons (Fsp3) is 0.286. The van der Waals surface area contributed by atoms with Gasteiger partial charge in [0.25, 0.3) is 0 Å². The van der Waals surface area contributed by atoms with Gasteiger partial charge in [-0.25, -0.2) is 9.37 Å². The number of benzene rings is 2. The number of halogens is 1. The Hall–Kier alpha value is -3.02. The van der Waals surface area contributed by atoms with Crippen molar-refractivity contribution in [2.75, 3.05) is 17.2 Å². The van der Waals surface area contributed by atoms with Crippen LogP contribution in [0.15, 0.2) is 42.5 Å². The van der Waals surface area contributed by atoms with E-state index in [9.17, 15) is 9.18 Å². The molecule has 0 bridgehead atoms. The van der Waals surface area contributed by atoms with E-state index < -0.39 is 0 Å². The molecular weight excluding hydrogens is 343 g/mol. The summed E-state index contributed by atoms with van der Waals surface area (Å²) in [5.41, 5.74) is 2.59. The molecule has 0 atom stereocenters. The highest BCUT2D eigenvalue weighted by Gasteiger charge is 2.11. The summed E-state index contributed by atoms with van der Waals surface area (Å²) in [6.07, 6.45) is 0.999. The van der Waals surface area contributed by atoms with Gasteiger partial charge in [-0.3, -0.25) is 10.1 Å². The van der Waals surface area contributed by atoms with E-state index in [0.29, 0.717) is 11.7 Å². The molecule has 0 aliphatic rings. The maximum absolute atomic E-state index is 13.2. The molecule has 1 aromatic heterocycles. The fourth-order valence-corrected chi connectivity index (χ4v) is 2.78. The van der Waals surface area contributed by atoms with Crippen LogP contribution in [0.25, 0.3) is 22.0 Å². The average molecular weight is 366 g/mol. The van der Waals surface area contributed by atoms with E-state index in [0.717, 1.165) is 35.0 Å². The van der Waals surface area contributed by atoms with Crippen molar-refractivity contribution in [1.29, 1.82) is 0 Å². The molecule has 0 spiro atoms. The lowest BCUT2D eigenvalue weighted by Crippen LogP contribution is -2.12. The molecule has 2 aromatic carbocycles. The summed E-state index contributed by atoms with van der Waals surface area (Å²) in [6.45, 7) is 6.52. The van der Waals surface area contributed by atoms with Gasteiger partial charge in [-0.2, -0.15) is 4.98 Å². The Bertz CT molecular complexity index is 954. The highest BCUT2D eigenvalue weighted by molar-refractivity contribution is 5.95. The summed E-state index contributed by atoms with van der Waals surface area (Å²) in [4.78, 5) is 20.3. The Morgan fingerprint density at radius 2 is 1.78 bits per heavy atom. The number of hydrogen-bond acceptors (Lipinski definition) is 4. The number of nitrogens with one attached hydrogen (secondary N) is 2. The number of fused-ring (bicyclic) bond motifs is 1. The molecule has 1 amide bonds. The molecule has 0 aliphatic carbocycles. The highest BCUT2D eigenvalue weighted by atomic mass is 19.1. The van der Waals surface area contributed by atoms with Crippen LogP contribution < -0.4 is 10.6 Å². The first-order valence-electron chi connectivity index (χ1n) is 9.01. The Balaban J connectivity index is 2.03. The summed E-state index contributed by atoms with van der Waals surface area (Å²) < 4.78 is 13.2. The minimum atomic E-state index is -0.265. The van der Waals surface area contributed by atoms with Crippen LogP contribution in [-0.2, 0) is 4.79 Å². The van der Waals surface area contributed by atoms with Crippen LogP contribution in [0.5, 0.6) is 0 Å². The largest absolute Gasteiger partial charge is 0.369 e. The second-order valence-corrected chi connectivity index (χ2v) is 6.93. The monoisotopic (exact) mass is 366 g/mol. The zero-order valence-electron chi connectivity index (χ0n) is 15.7. The zero-order valence-corrected chi connectivity index (χ0v) is 15.7. The van der Waals surface area contributed by atoms with E-state index in [2.05, 4.69) is 34.4 Å². The molecule has 0 unspecified atom stereocenters. The van der Waals surface area contributed by atoms with E-state index in [-0.39, 0.29) is 17.7 Å². The number of carbonyl (C=O) groups is 1. The summed E-state index contributed by atoms with van der Waals surface area (Å²) in [5.74, 6) is 1.03. The van der Waals surface area contributed by atoms with Crippen molar-refractivity contribution in [2.45, 2.75) is 27.2 Å². The number of anilines is 2. The van der Waals surface area contributed by atoms with Crippen LogP contribution in [0.3, 0.4) is 0 Å². The van der Waals surface area contributed by atoms with Gasteiger partial charge < -0.3 is 5.32 Å². The first-order valence-corrected chi connectivity index (χ1v) is 9.01. The Morgan fingerprint density at radius 1 is 1.07 bits per heavy atom. The predicted octanol–water partition coefficient (Wildman–Crippen LogP) is 4.85. The molecule has 3 rings (SSSR count). The predicted molar refractivity (Wildman–Crippen MR) is 107 cm³/mol. The Morgan fingerprint density at radius 3 is 2.44 bits per heavy atom. The zero-order chi connectivity index (χ0) is 19.4. The molecule has 1 heterocycles. The molecule has 0 aliphatic heterocycles. The van der Waals surface area contributed by atoms with E-state index >= 15 is 0 Å². The normalized spacial score (nSPS) is 11.0. The van der Waals surface area contributed by atoms with Crippen molar-refractivity contribution in [1.82, 2.24) is 9.97 Å². The van der Waals surface area contributed by atoms with Gasteiger partial charge in [0.05, 0.1) is 5.52 Å². The Kier molecular flexibility index (Phi) is 5.64. The summed E-state index contributed by atoms with van der Waals surface area (Å²) in [5, 5.41) is 6.86. The van der Waals surface area contributed by atoms with Gasteiger partial charge in [0.15, 0.2) is 0 Å². The van der Waals surface area contributed by atoms with Crippen LogP contribution in [0.2, 0.25) is 0 Å². The van der Waals surface area contributed by atoms with Gasteiger partial charge in [0.2, 0.25) is 11.9 Å². The summed E-state index contributed by atoms with van der Waals surface area (Å²) in [7, 11) is 0. The minimum absolute atomic E-state index is 0.217. The number of rotatable bonds is 6. The molecule has 6 heteroatoms. The maximum Gasteiger partial charge on any atom is 0.231 e. The van der Waals surface area contributed by atoms with Crippen LogP contribution in [0, 0.1) is 11.7 Å². The van der Waals surface area contributed by atoms with Gasteiger partial charge >= 0.3 is 0 Å². The van der Waals surface area contributed by atoms with Crippen molar-refractivity contribution in [3.8, 4) is 11.1 Å². The lowest BCUT2D eigenvalue weighted by molar-refractivity contribution is -0.114. The van der Waals surface area contributed by atoms with E-state index in [4.69, 9.17) is 0 Å². The molecule has 2 N–H and O–H groups in total. The molecule has 27 heavy (non-hydrogen) atoms. The van der Waals surface area contributed by atoms with E-state index in [1.54, 1.807) is 12.1 Å². The molecule has 0 radical (unpaired) electrons. The molecule has 0 saturated carbocycles. The number of amides is 1. The van der Waals surface area contributed by atoms with Gasteiger partial charge in [0, 0.05) is 18.9 Å². The SMILES string of the molecule is CC(=O)Nc1nc(NCCC(C)C)c2cc(-c3ccc(F)cc3)ccc2n1. The smallest absolute Gasteiger partial charge is 0.231 e. The van der Waals surface area contributed by atoms with Crippen LogP contribution >= 0.6 is 0 Å². The van der Waals surface area contributed by atoms with Crippen LogP contribution in [0.1, 0.15) is 27.2 Å².